The maximum Gasteiger partial charge on any atom is 0.319 e. The molecule has 124 valence electrons. The number of carboxylic acid groups (broad SMARTS) is 1. The van der Waals surface area contributed by atoms with Crippen molar-refractivity contribution in [2.45, 2.75) is 77.4 Å². The summed E-state index contributed by atoms with van der Waals surface area (Å²) in [6, 6.07) is 0. The molecule has 5 heteroatoms. The summed E-state index contributed by atoms with van der Waals surface area (Å²) in [6.45, 7) is 6.37. The molecule has 1 N–H and O–H groups in total. The summed E-state index contributed by atoms with van der Waals surface area (Å²) in [5, 5.41) is 8.81. The van der Waals surface area contributed by atoms with E-state index in [1.165, 1.54) is 0 Å². The van der Waals surface area contributed by atoms with Gasteiger partial charge in [-0.1, -0.05) is 52.9 Å². The van der Waals surface area contributed by atoms with E-state index in [-0.39, 0.29) is 0 Å². The van der Waals surface area contributed by atoms with Crippen LogP contribution < -0.4 is 0 Å². The van der Waals surface area contributed by atoms with E-state index in [0.29, 0.717) is 19.4 Å². The fourth-order valence-corrected chi connectivity index (χ4v) is 2.78. The molecule has 0 aromatic carbocycles. The molecule has 21 heavy (non-hydrogen) atoms. The van der Waals surface area contributed by atoms with Gasteiger partial charge in [-0.05, 0) is 19.3 Å². The van der Waals surface area contributed by atoms with Crippen LogP contribution in [0.5, 0.6) is 0 Å². The van der Waals surface area contributed by atoms with Crippen LogP contribution >= 0.6 is 12.6 Å². The minimum atomic E-state index is -1.11. The molecule has 0 bridgehead atoms. The zero-order chi connectivity index (χ0) is 16.3. The predicted molar refractivity (Wildman–Crippen MR) is 87.8 cm³/mol. The highest BCUT2D eigenvalue weighted by Gasteiger charge is 2.47. The third-order valence-electron chi connectivity index (χ3n) is 3.87. The van der Waals surface area contributed by atoms with E-state index < -0.39 is 22.6 Å². The second kappa shape index (κ2) is 10.9. The summed E-state index contributed by atoms with van der Waals surface area (Å²) in [5.41, 5.74) is -1.11. The van der Waals surface area contributed by atoms with Gasteiger partial charge in [0.2, 0.25) is 0 Å². The smallest absolute Gasteiger partial charge is 0.319 e. The zero-order valence-electron chi connectivity index (χ0n) is 13.6. The highest BCUT2D eigenvalue weighted by atomic mass is 32.1. The molecular weight excluding hydrogens is 288 g/mol. The molecule has 0 aliphatic heterocycles. The Morgan fingerprint density at radius 2 is 1.52 bits per heavy atom. The lowest BCUT2D eigenvalue weighted by atomic mass is 9.75. The number of hydrogen-bond acceptors (Lipinski definition) is 4. The third kappa shape index (κ3) is 6.29. The number of thiol groups is 1. The van der Waals surface area contributed by atoms with Crippen LogP contribution in [0.4, 0.5) is 0 Å². The van der Waals surface area contributed by atoms with Crippen LogP contribution in [0.15, 0.2) is 0 Å². The highest BCUT2D eigenvalue weighted by Crippen LogP contribution is 2.39. The summed E-state index contributed by atoms with van der Waals surface area (Å²) in [6.07, 6.45) is 5.99. The Balaban J connectivity index is 5.03. The van der Waals surface area contributed by atoms with Crippen LogP contribution in [0, 0.1) is 5.41 Å². The van der Waals surface area contributed by atoms with Gasteiger partial charge in [0.25, 0.3) is 0 Å². The standard InChI is InChI=1S/C16H30O4S/c1-4-7-10-16(15(18)19,11-8-5-2)13(21)14(17)20-12-9-6-3/h13,21H,4-12H2,1-3H3,(H,18,19). The molecule has 1 unspecified atom stereocenters. The van der Waals surface area contributed by atoms with Crippen LogP contribution in [0.25, 0.3) is 0 Å². The first-order chi connectivity index (χ1) is 9.96. The van der Waals surface area contributed by atoms with E-state index in [4.69, 9.17) is 4.74 Å². The summed E-state index contributed by atoms with van der Waals surface area (Å²) < 4.78 is 5.18. The minimum absolute atomic E-state index is 0.337. The number of aliphatic carboxylic acids is 1. The normalized spacial score (nSPS) is 13.0. The van der Waals surface area contributed by atoms with Crippen LogP contribution in [0.2, 0.25) is 0 Å². The van der Waals surface area contributed by atoms with Crippen molar-refractivity contribution in [3.8, 4) is 0 Å². The average molecular weight is 318 g/mol. The number of ether oxygens (including phenoxy) is 1. The number of carbonyl (C=O) groups excluding carboxylic acids is 1. The van der Waals surface area contributed by atoms with E-state index in [9.17, 15) is 14.7 Å². The SMILES string of the molecule is CCCCOC(=O)C(S)C(CCCC)(CCCC)C(=O)O. The van der Waals surface area contributed by atoms with Gasteiger partial charge < -0.3 is 9.84 Å². The molecule has 0 saturated carbocycles. The van der Waals surface area contributed by atoms with Crippen molar-refractivity contribution in [3.63, 3.8) is 0 Å². The van der Waals surface area contributed by atoms with Gasteiger partial charge in [0.15, 0.2) is 0 Å². The molecule has 0 rings (SSSR count). The van der Waals surface area contributed by atoms with Crippen molar-refractivity contribution in [3.05, 3.63) is 0 Å². The summed E-state index contributed by atoms with van der Waals surface area (Å²) in [4.78, 5) is 24.0. The molecule has 0 saturated heterocycles. The van der Waals surface area contributed by atoms with Crippen molar-refractivity contribution >= 4 is 24.6 Å². The molecular formula is C16H30O4S. The van der Waals surface area contributed by atoms with Gasteiger partial charge in [-0.2, -0.15) is 12.6 Å². The molecule has 0 aliphatic carbocycles. The summed E-state index contributed by atoms with van der Waals surface area (Å²) in [7, 11) is 0. The molecule has 1 atom stereocenters. The molecule has 0 aliphatic rings. The second-order valence-electron chi connectivity index (χ2n) is 5.59. The van der Waals surface area contributed by atoms with Gasteiger partial charge in [-0.25, -0.2) is 0 Å². The zero-order valence-corrected chi connectivity index (χ0v) is 14.5. The number of rotatable bonds is 12. The van der Waals surface area contributed by atoms with Crippen molar-refractivity contribution in [2.24, 2.45) is 5.41 Å². The Hall–Kier alpha value is -0.710. The Kier molecular flexibility index (Phi) is 10.6. The lowest BCUT2D eigenvalue weighted by Gasteiger charge is -2.33. The maximum absolute atomic E-state index is 12.1. The third-order valence-corrected chi connectivity index (χ3v) is 4.57. The molecule has 0 amide bonds. The lowest BCUT2D eigenvalue weighted by molar-refractivity contribution is -0.158. The van der Waals surface area contributed by atoms with E-state index in [2.05, 4.69) is 12.6 Å². The Morgan fingerprint density at radius 3 is 1.90 bits per heavy atom. The summed E-state index contributed by atoms with van der Waals surface area (Å²) in [5.74, 6) is -1.43. The second-order valence-corrected chi connectivity index (χ2v) is 6.11. The number of esters is 1. The van der Waals surface area contributed by atoms with Crippen LogP contribution in [-0.4, -0.2) is 28.9 Å². The maximum atomic E-state index is 12.1. The van der Waals surface area contributed by atoms with Gasteiger partial charge in [0.1, 0.15) is 5.25 Å². The van der Waals surface area contributed by atoms with E-state index >= 15 is 0 Å². The van der Waals surface area contributed by atoms with E-state index in [1.54, 1.807) is 0 Å². The molecule has 0 spiro atoms. The average Bonchev–Trinajstić information content (AvgIpc) is 2.47. The number of unbranched alkanes of at least 4 members (excludes halogenated alkanes) is 3. The van der Waals surface area contributed by atoms with Gasteiger partial charge in [0.05, 0.1) is 12.0 Å². The summed E-state index contributed by atoms with van der Waals surface area (Å²) >= 11 is 4.34. The molecule has 0 aromatic heterocycles. The monoisotopic (exact) mass is 318 g/mol. The quantitative estimate of drug-likeness (QED) is 0.323. The number of carboxylic acids is 1. The van der Waals surface area contributed by atoms with Gasteiger partial charge >= 0.3 is 11.9 Å². The number of hydrogen-bond donors (Lipinski definition) is 2. The first kappa shape index (κ1) is 20.3. The van der Waals surface area contributed by atoms with Gasteiger partial charge in [0, 0.05) is 0 Å². The van der Waals surface area contributed by atoms with Crippen molar-refractivity contribution in [1.29, 1.82) is 0 Å². The largest absolute Gasteiger partial charge is 0.481 e. The molecule has 0 aromatic rings. The van der Waals surface area contributed by atoms with E-state index in [0.717, 1.165) is 38.5 Å². The molecule has 0 fully saturated rings. The lowest BCUT2D eigenvalue weighted by Crippen LogP contribution is -2.44. The Labute approximate surface area is 134 Å². The van der Waals surface area contributed by atoms with Crippen molar-refractivity contribution < 1.29 is 19.4 Å². The Morgan fingerprint density at radius 1 is 1.05 bits per heavy atom. The number of carbonyl (C=O) groups is 2. The topological polar surface area (TPSA) is 63.6 Å². The van der Waals surface area contributed by atoms with Crippen molar-refractivity contribution in [2.75, 3.05) is 6.61 Å². The van der Waals surface area contributed by atoms with E-state index in [1.807, 2.05) is 20.8 Å². The fraction of sp³-hybridized carbons (Fsp3) is 0.875. The molecule has 0 heterocycles. The first-order valence-electron chi connectivity index (χ1n) is 8.04. The van der Waals surface area contributed by atoms with Crippen LogP contribution in [0.1, 0.15) is 72.1 Å². The first-order valence-corrected chi connectivity index (χ1v) is 8.56. The van der Waals surface area contributed by atoms with Crippen LogP contribution in [0.3, 0.4) is 0 Å². The van der Waals surface area contributed by atoms with Gasteiger partial charge in [-0.15, -0.1) is 0 Å². The predicted octanol–water partition coefficient (Wildman–Crippen LogP) is 4.08. The van der Waals surface area contributed by atoms with Crippen molar-refractivity contribution in [1.82, 2.24) is 0 Å². The minimum Gasteiger partial charge on any atom is -0.481 e. The Bertz CT molecular complexity index is 309. The molecule has 4 nitrogen and oxygen atoms in total. The molecule has 0 radical (unpaired) electrons. The van der Waals surface area contributed by atoms with Crippen LogP contribution in [-0.2, 0) is 14.3 Å². The van der Waals surface area contributed by atoms with Gasteiger partial charge in [-0.3, -0.25) is 9.59 Å². The fourth-order valence-electron chi connectivity index (χ4n) is 2.34. The highest BCUT2D eigenvalue weighted by molar-refractivity contribution is 7.81.